The smallest absolute Gasteiger partial charge is 0.379 e. The number of ether oxygens (including phenoxy) is 1. The summed E-state index contributed by atoms with van der Waals surface area (Å²) < 4.78 is 70.5. The Morgan fingerprint density at radius 2 is 1.68 bits per heavy atom. The molecule has 0 unspecified atom stereocenters. The Labute approximate surface area is 212 Å². The molecular formula is C25H25F3N4O4S. The number of amides is 2. The van der Waals surface area contributed by atoms with Gasteiger partial charge in [-0.3, -0.25) is 0 Å². The third-order valence-corrected chi connectivity index (χ3v) is 6.96. The Balaban J connectivity index is 1.64. The number of carbonyl (C=O) groups is 1. The summed E-state index contributed by atoms with van der Waals surface area (Å²) in [4.78, 5) is 15.2. The summed E-state index contributed by atoms with van der Waals surface area (Å²) in [6, 6.07) is 15.1. The summed E-state index contributed by atoms with van der Waals surface area (Å²) in [5, 5.41) is 6.50. The molecule has 12 heteroatoms. The number of sulfonamides is 1. The summed E-state index contributed by atoms with van der Waals surface area (Å²) >= 11 is 0. The molecule has 1 aliphatic heterocycles. The van der Waals surface area contributed by atoms with Gasteiger partial charge in [-0.2, -0.15) is 13.2 Å². The van der Waals surface area contributed by atoms with Crippen LogP contribution in [0.5, 0.6) is 0 Å². The van der Waals surface area contributed by atoms with Crippen molar-refractivity contribution in [1.29, 1.82) is 0 Å². The summed E-state index contributed by atoms with van der Waals surface area (Å²) in [5.41, 5.74) is 1.39. The molecule has 0 atom stereocenters. The van der Waals surface area contributed by atoms with Gasteiger partial charge in [0, 0.05) is 24.3 Å². The third kappa shape index (κ3) is 6.86. The number of morpholine rings is 1. The minimum atomic E-state index is -4.57. The van der Waals surface area contributed by atoms with Crippen molar-refractivity contribution in [3.05, 3.63) is 77.9 Å². The molecule has 3 aromatic carbocycles. The van der Waals surface area contributed by atoms with E-state index in [1.54, 1.807) is 12.1 Å². The number of anilines is 2. The number of benzene rings is 3. The van der Waals surface area contributed by atoms with Crippen LogP contribution in [-0.2, 0) is 20.9 Å². The summed E-state index contributed by atoms with van der Waals surface area (Å²) in [6.07, 6.45) is -4.57. The number of alkyl halides is 3. The summed E-state index contributed by atoms with van der Waals surface area (Å²) in [7, 11) is -3.98. The van der Waals surface area contributed by atoms with Gasteiger partial charge in [0.1, 0.15) is 0 Å². The Kier molecular flexibility index (Phi) is 7.83. The largest absolute Gasteiger partial charge is 0.416 e. The first kappa shape index (κ1) is 26.6. The lowest BCUT2D eigenvalue weighted by Gasteiger charge is -2.26. The zero-order valence-electron chi connectivity index (χ0n) is 19.8. The molecule has 0 radical (unpaired) electrons. The molecule has 1 saturated heterocycles. The highest BCUT2D eigenvalue weighted by Crippen LogP contribution is 2.32. The lowest BCUT2D eigenvalue weighted by Crippen LogP contribution is -2.48. The van der Waals surface area contributed by atoms with Gasteiger partial charge in [0.05, 0.1) is 29.4 Å². The van der Waals surface area contributed by atoms with Crippen LogP contribution in [0.2, 0.25) is 0 Å². The minimum Gasteiger partial charge on any atom is -0.379 e. The van der Waals surface area contributed by atoms with Crippen LogP contribution in [0.25, 0.3) is 11.1 Å². The zero-order chi connectivity index (χ0) is 26.6. The fraction of sp³-hybridized carbons (Fsp3) is 0.240. The molecule has 0 saturated carbocycles. The fourth-order valence-electron chi connectivity index (χ4n) is 3.79. The van der Waals surface area contributed by atoms with Gasteiger partial charge in [0.15, 0.2) is 0 Å². The van der Waals surface area contributed by atoms with Crippen LogP contribution in [0.4, 0.5) is 29.3 Å². The maximum absolute atomic E-state index is 13.0. The normalized spacial score (nSPS) is 14.8. The molecule has 0 bridgehead atoms. The first-order valence-corrected chi connectivity index (χ1v) is 12.8. The van der Waals surface area contributed by atoms with Crippen LogP contribution >= 0.6 is 0 Å². The van der Waals surface area contributed by atoms with Crippen LogP contribution in [0.15, 0.2) is 71.6 Å². The second kappa shape index (κ2) is 10.9. The fourth-order valence-corrected chi connectivity index (χ4v) is 4.94. The minimum absolute atomic E-state index is 0.0674. The van der Waals surface area contributed by atoms with Crippen LogP contribution in [0, 0.1) is 6.92 Å². The van der Waals surface area contributed by atoms with Gasteiger partial charge < -0.3 is 15.4 Å². The molecule has 1 aliphatic rings. The van der Waals surface area contributed by atoms with E-state index >= 15 is 0 Å². The van der Waals surface area contributed by atoms with Crippen molar-refractivity contribution in [2.45, 2.75) is 18.0 Å². The molecule has 37 heavy (non-hydrogen) atoms. The Morgan fingerprint density at radius 3 is 2.38 bits per heavy atom. The van der Waals surface area contributed by atoms with Crippen molar-refractivity contribution in [2.75, 3.05) is 36.9 Å². The number of halogens is 3. The van der Waals surface area contributed by atoms with E-state index < -0.39 is 27.8 Å². The van der Waals surface area contributed by atoms with E-state index in [-0.39, 0.29) is 16.3 Å². The molecule has 2 amide bonds. The van der Waals surface area contributed by atoms with Gasteiger partial charge in [-0.05, 0) is 42.8 Å². The number of rotatable bonds is 6. The number of urea groups is 1. The third-order valence-electron chi connectivity index (χ3n) is 5.59. The van der Waals surface area contributed by atoms with Crippen molar-refractivity contribution < 1.29 is 31.1 Å². The summed E-state index contributed by atoms with van der Waals surface area (Å²) in [6.45, 7) is 3.42. The molecule has 4 rings (SSSR count). The Hall–Kier alpha value is -3.45. The molecule has 8 nitrogen and oxygen atoms in total. The number of nitrogens with zero attached hydrogens (tertiary/aromatic N) is 1. The highest BCUT2D eigenvalue weighted by Gasteiger charge is 2.30. The van der Waals surface area contributed by atoms with Gasteiger partial charge >= 0.3 is 12.2 Å². The zero-order valence-corrected chi connectivity index (χ0v) is 20.6. The standard InChI is InChI=1S/C25H25F3N4O4S/c1-17-4-2-5-18(14-17)22-9-8-21(37(34,35)31-32-10-12-36-13-11-32)16-23(22)30-24(33)29-20-7-3-6-19(15-20)25(26,27)28/h2-9,14-16,31H,10-13H2,1H3,(H2,29,30,33). The van der Waals surface area contributed by atoms with Gasteiger partial charge in [-0.1, -0.05) is 42.0 Å². The van der Waals surface area contributed by atoms with E-state index in [4.69, 9.17) is 4.74 Å². The lowest BCUT2D eigenvalue weighted by atomic mass is 10.0. The molecule has 1 fully saturated rings. The molecule has 0 aliphatic carbocycles. The van der Waals surface area contributed by atoms with Gasteiger partial charge in [-0.25, -0.2) is 18.2 Å². The van der Waals surface area contributed by atoms with E-state index in [0.717, 1.165) is 23.3 Å². The first-order valence-electron chi connectivity index (χ1n) is 11.3. The van der Waals surface area contributed by atoms with Crippen molar-refractivity contribution in [1.82, 2.24) is 9.84 Å². The highest BCUT2D eigenvalue weighted by atomic mass is 32.2. The maximum Gasteiger partial charge on any atom is 0.416 e. The first-order chi connectivity index (χ1) is 17.5. The van der Waals surface area contributed by atoms with Crippen LogP contribution in [-0.4, -0.2) is 45.8 Å². The predicted molar refractivity (Wildman–Crippen MR) is 133 cm³/mol. The van der Waals surface area contributed by atoms with E-state index in [9.17, 15) is 26.4 Å². The molecule has 1 heterocycles. The average Bonchev–Trinajstić information content (AvgIpc) is 2.84. The average molecular weight is 535 g/mol. The molecule has 3 N–H and O–H groups in total. The molecule has 196 valence electrons. The van der Waals surface area contributed by atoms with E-state index in [0.29, 0.717) is 31.9 Å². The van der Waals surface area contributed by atoms with E-state index in [2.05, 4.69) is 15.5 Å². The number of hydrazine groups is 1. The number of nitrogens with one attached hydrogen (secondary N) is 3. The second-order valence-corrected chi connectivity index (χ2v) is 10.1. The SMILES string of the molecule is Cc1cccc(-c2ccc(S(=O)(=O)NN3CCOCC3)cc2NC(=O)Nc2cccc(C(F)(F)F)c2)c1. The molecule has 3 aromatic rings. The van der Waals surface area contributed by atoms with Gasteiger partial charge in [0.2, 0.25) is 0 Å². The van der Waals surface area contributed by atoms with Crippen molar-refractivity contribution in [2.24, 2.45) is 0 Å². The van der Waals surface area contributed by atoms with E-state index in [1.807, 2.05) is 25.1 Å². The van der Waals surface area contributed by atoms with Gasteiger partial charge in [-0.15, -0.1) is 4.83 Å². The van der Waals surface area contributed by atoms with Crippen molar-refractivity contribution in [3.8, 4) is 11.1 Å². The number of aryl methyl sites for hydroxylation is 1. The Morgan fingerprint density at radius 1 is 0.946 bits per heavy atom. The van der Waals surface area contributed by atoms with Crippen LogP contribution in [0.1, 0.15) is 11.1 Å². The number of hydrogen-bond acceptors (Lipinski definition) is 5. The van der Waals surface area contributed by atoms with Gasteiger partial charge in [0.25, 0.3) is 10.0 Å². The highest BCUT2D eigenvalue weighted by molar-refractivity contribution is 7.89. The second-order valence-electron chi connectivity index (χ2n) is 8.43. The van der Waals surface area contributed by atoms with Crippen molar-refractivity contribution >= 4 is 27.4 Å². The Bertz CT molecular complexity index is 1390. The predicted octanol–water partition coefficient (Wildman–Crippen LogP) is 4.85. The monoisotopic (exact) mass is 534 g/mol. The van der Waals surface area contributed by atoms with E-state index in [1.165, 1.54) is 29.3 Å². The quantitative estimate of drug-likeness (QED) is 0.420. The number of hydrogen-bond donors (Lipinski definition) is 3. The molecule has 0 spiro atoms. The topological polar surface area (TPSA) is 99.8 Å². The molecule has 0 aromatic heterocycles. The summed E-state index contributed by atoms with van der Waals surface area (Å²) in [5.74, 6) is 0. The molecular weight excluding hydrogens is 509 g/mol. The lowest BCUT2D eigenvalue weighted by molar-refractivity contribution is -0.137. The van der Waals surface area contributed by atoms with Crippen LogP contribution < -0.4 is 15.5 Å². The maximum atomic E-state index is 13.0. The van der Waals surface area contributed by atoms with Crippen molar-refractivity contribution in [3.63, 3.8) is 0 Å². The van der Waals surface area contributed by atoms with Crippen LogP contribution in [0.3, 0.4) is 0 Å². The number of carbonyl (C=O) groups excluding carboxylic acids is 1.